The van der Waals surface area contributed by atoms with Crippen molar-refractivity contribution in [3.05, 3.63) is 29.8 Å². The lowest BCUT2D eigenvalue weighted by molar-refractivity contribution is -0.108. The maximum Gasteiger partial charge on any atom is 0.233 e. The molecule has 1 aromatic carbocycles. The number of carbonyl (C=O) groups is 1. The summed E-state index contributed by atoms with van der Waals surface area (Å²) < 4.78 is 5.18. The Hall–Kier alpha value is -1.64. The molecule has 0 atom stereocenters. The van der Waals surface area contributed by atoms with E-state index in [0.717, 1.165) is 6.29 Å². The lowest BCUT2D eigenvalue weighted by Gasteiger charge is -2.02. The molecule has 0 amide bonds. The molecule has 0 bridgehead atoms. The molecule has 0 aliphatic carbocycles. The molecular formula is C10H9O3. The van der Waals surface area contributed by atoms with E-state index in [9.17, 15) is 9.59 Å². The number of hydrogen-bond acceptors (Lipinski definition) is 3. The quantitative estimate of drug-likeness (QED) is 0.500. The molecule has 0 aromatic heterocycles. The third-order valence-electron chi connectivity index (χ3n) is 1.48. The predicted molar refractivity (Wildman–Crippen MR) is 47.4 cm³/mol. The summed E-state index contributed by atoms with van der Waals surface area (Å²) >= 11 is 0. The molecule has 3 nitrogen and oxygen atoms in total. The van der Waals surface area contributed by atoms with Gasteiger partial charge in [0.1, 0.15) is 12.0 Å². The van der Waals surface area contributed by atoms with Crippen LogP contribution in [0.2, 0.25) is 0 Å². The van der Waals surface area contributed by atoms with Crippen molar-refractivity contribution in [1.29, 1.82) is 0 Å². The minimum Gasteiger partial charge on any atom is -0.493 e. The molecule has 0 heterocycles. The lowest BCUT2D eigenvalue weighted by Crippen LogP contribution is -1.97. The molecule has 0 aliphatic heterocycles. The van der Waals surface area contributed by atoms with E-state index < -0.39 is 0 Å². The lowest BCUT2D eigenvalue weighted by atomic mass is 10.2. The normalized spacial score (nSPS) is 9.23. The van der Waals surface area contributed by atoms with E-state index in [1.54, 1.807) is 30.6 Å². The summed E-state index contributed by atoms with van der Waals surface area (Å²) in [5.41, 5.74) is 0.489. The Kier molecular flexibility index (Phi) is 3.70. The second kappa shape index (κ2) is 5.09. The van der Waals surface area contributed by atoms with Gasteiger partial charge in [-0.1, -0.05) is 0 Å². The van der Waals surface area contributed by atoms with Crippen LogP contribution in [0.5, 0.6) is 5.75 Å². The van der Waals surface area contributed by atoms with E-state index in [-0.39, 0.29) is 0 Å². The first-order valence-electron chi connectivity index (χ1n) is 3.91. The number of hydrogen-bond donors (Lipinski definition) is 0. The zero-order valence-corrected chi connectivity index (χ0v) is 7.03. The van der Waals surface area contributed by atoms with Gasteiger partial charge in [0.15, 0.2) is 0 Å². The van der Waals surface area contributed by atoms with Crippen molar-refractivity contribution in [1.82, 2.24) is 0 Å². The van der Waals surface area contributed by atoms with Gasteiger partial charge in [-0.25, -0.2) is 0 Å². The van der Waals surface area contributed by atoms with Crippen LogP contribution in [0.1, 0.15) is 12.0 Å². The fourth-order valence-electron chi connectivity index (χ4n) is 0.844. The van der Waals surface area contributed by atoms with Crippen LogP contribution in [0, 0.1) is 0 Å². The molecule has 0 aliphatic rings. The van der Waals surface area contributed by atoms with Crippen molar-refractivity contribution in [2.24, 2.45) is 0 Å². The Morgan fingerprint density at radius 1 is 1.31 bits per heavy atom. The van der Waals surface area contributed by atoms with Gasteiger partial charge >= 0.3 is 0 Å². The topological polar surface area (TPSA) is 43.4 Å². The summed E-state index contributed by atoms with van der Waals surface area (Å²) in [7, 11) is 0. The van der Waals surface area contributed by atoms with Crippen LogP contribution in [-0.4, -0.2) is 19.2 Å². The average Bonchev–Trinajstić information content (AvgIpc) is 2.19. The Bertz CT molecular complexity index is 277. The molecule has 0 spiro atoms. The second-order valence-corrected chi connectivity index (χ2v) is 2.43. The molecule has 0 saturated heterocycles. The number of ether oxygens (including phenoxy) is 1. The van der Waals surface area contributed by atoms with Gasteiger partial charge in [0.25, 0.3) is 0 Å². The van der Waals surface area contributed by atoms with Gasteiger partial charge in [-0.2, -0.15) is 0 Å². The van der Waals surface area contributed by atoms with E-state index in [1.807, 2.05) is 0 Å². The highest BCUT2D eigenvalue weighted by molar-refractivity contribution is 5.75. The van der Waals surface area contributed by atoms with Crippen molar-refractivity contribution >= 4 is 12.6 Å². The molecule has 3 heteroatoms. The fraction of sp³-hybridized carbons (Fsp3) is 0.200. The third kappa shape index (κ3) is 3.07. The Balaban J connectivity index is 2.48. The van der Waals surface area contributed by atoms with Crippen molar-refractivity contribution in [2.75, 3.05) is 6.61 Å². The molecule has 0 unspecified atom stereocenters. The first kappa shape index (κ1) is 9.45. The van der Waals surface area contributed by atoms with Gasteiger partial charge in [-0.3, -0.25) is 4.79 Å². The highest BCUT2D eigenvalue weighted by Crippen LogP contribution is 2.10. The molecule has 0 N–H and O–H groups in total. The number of carbonyl (C=O) groups excluding carboxylic acids is 2. The van der Waals surface area contributed by atoms with Crippen LogP contribution in [0.15, 0.2) is 24.3 Å². The Morgan fingerprint density at radius 3 is 2.54 bits per heavy atom. The van der Waals surface area contributed by atoms with Gasteiger partial charge in [-0.15, -0.1) is 0 Å². The summed E-state index contributed by atoms with van der Waals surface area (Å²) in [5, 5.41) is 0. The average molecular weight is 177 g/mol. The maximum absolute atomic E-state index is 10.2. The highest BCUT2D eigenvalue weighted by atomic mass is 16.5. The second-order valence-electron chi connectivity index (χ2n) is 2.43. The molecule has 67 valence electrons. The summed E-state index contributed by atoms with van der Waals surface area (Å²) in [5.74, 6) is 0.654. The van der Waals surface area contributed by atoms with Crippen LogP contribution in [0.3, 0.4) is 0 Å². The van der Waals surface area contributed by atoms with Gasteiger partial charge in [0, 0.05) is 12.0 Å². The minimum atomic E-state index is 0.369. The smallest absolute Gasteiger partial charge is 0.233 e. The maximum atomic E-state index is 10.2. The van der Waals surface area contributed by atoms with Crippen molar-refractivity contribution in [3.8, 4) is 5.75 Å². The van der Waals surface area contributed by atoms with Crippen molar-refractivity contribution in [3.63, 3.8) is 0 Å². The van der Waals surface area contributed by atoms with Gasteiger partial charge < -0.3 is 9.53 Å². The van der Waals surface area contributed by atoms with Crippen LogP contribution in [0.25, 0.3) is 0 Å². The van der Waals surface area contributed by atoms with Crippen LogP contribution in [-0.2, 0) is 9.59 Å². The minimum absolute atomic E-state index is 0.369. The zero-order valence-electron chi connectivity index (χ0n) is 7.03. The molecule has 1 radical (unpaired) electrons. The van der Waals surface area contributed by atoms with Crippen molar-refractivity contribution in [2.45, 2.75) is 6.42 Å². The largest absolute Gasteiger partial charge is 0.493 e. The van der Waals surface area contributed by atoms with Crippen LogP contribution in [0.4, 0.5) is 0 Å². The molecule has 1 aromatic rings. The third-order valence-corrected chi connectivity index (χ3v) is 1.48. The van der Waals surface area contributed by atoms with Crippen molar-refractivity contribution < 1.29 is 14.3 Å². The number of benzene rings is 1. The summed E-state index contributed by atoms with van der Waals surface area (Å²) in [6.45, 7) is 0.369. The van der Waals surface area contributed by atoms with Gasteiger partial charge in [0.05, 0.1) is 6.61 Å². The Labute approximate surface area is 76.3 Å². The van der Waals surface area contributed by atoms with Gasteiger partial charge in [-0.05, 0) is 24.3 Å². The highest BCUT2D eigenvalue weighted by Gasteiger charge is 1.93. The van der Waals surface area contributed by atoms with Gasteiger partial charge in [0.2, 0.25) is 6.29 Å². The number of aldehydes is 1. The zero-order chi connectivity index (χ0) is 9.52. The van der Waals surface area contributed by atoms with E-state index >= 15 is 0 Å². The summed E-state index contributed by atoms with van der Waals surface area (Å²) in [6.07, 6.45) is 2.94. The molecule has 13 heavy (non-hydrogen) atoms. The predicted octanol–water partition coefficient (Wildman–Crippen LogP) is 1.11. The van der Waals surface area contributed by atoms with Crippen LogP contribution < -0.4 is 4.74 Å². The molecule has 1 rings (SSSR count). The summed E-state index contributed by atoms with van der Waals surface area (Å²) in [6, 6.07) is 6.57. The fourth-order valence-corrected chi connectivity index (χ4v) is 0.844. The monoisotopic (exact) mass is 177 g/mol. The van der Waals surface area contributed by atoms with E-state index in [4.69, 9.17) is 4.74 Å². The van der Waals surface area contributed by atoms with E-state index in [2.05, 4.69) is 0 Å². The van der Waals surface area contributed by atoms with E-state index in [1.165, 1.54) is 0 Å². The molecule has 0 saturated carbocycles. The first-order chi connectivity index (χ1) is 6.36. The van der Waals surface area contributed by atoms with E-state index in [0.29, 0.717) is 24.3 Å². The Morgan fingerprint density at radius 2 is 2.00 bits per heavy atom. The molecule has 0 fully saturated rings. The number of rotatable bonds is 5. The first-order valence-corrected chi connectivity index (χ1v) is 3.91. The SMILES string of the molecule is O=[C]c1ccc(OCCC=O)cc1. The summed E-state index contributed by atoms with van der Waals surface area (Å²) in [4.78, 5) is 20.1. The molecular weight excluding hydrogens is 168 g/mol. The standard InChI is InChI=1S/C10H9O3/c11-6-1-7-13-10-4-2-9(8-12)3-5-10/h2-6H,1,7H2. The van der Waals surface area contributed by atoms with Crippen LogP contribution >= 0.6 is 0 Å².